The zero-order valence-corrected chi connectivity index (χ0v) is 14.5. The molecule has 0 aliphatic carbocycles. The molecule has 1 atom stereocenters. The molecular weight excluding hydrogens is 340 g/mol. The fourth-order valence-corrected chi connectivity index (χ4v) is 2.65. The quantitative estimate of drug-likeness (QED) is 0.490. The van der Waals surface area contributed by atoms with E-state index in [1.54, 1.807) is 19.1 Å². The van der Waals surface area contributed by atoms with Crippen molar-refractivity contribution in [3.63, 3.8) is 0 Å². The van der Waals surface area contributed by atoms with Gasteiger partial charge in [-0.15, -0.1) is 0 Å². The second-order valence-corrected chi connectivity index (χ2v) is 6.33. The number of fused-ring (bicyclic) bond motifs is 1. The highest BCUT2D eigenvalue weighted by molar-refractivity contribution is 5.97. The molecule has 0 spiro atoms. The van der Waals surface area contributed by atoms with E-state index in [9.17, 15) is 14.9 Å². The molecule has 10 nitrogen and oxygen atoms in total. The van der Waals surface area contributed by atoms with Gasteiger partial charge in [0, 0.05) is 12.1 Å². The van der Waals surface area contributed by atoms with Gasteiger partial charge in [0.05, 0.1) is 28.8 Å². The van der Waals surface area contributed by atoms with Crippen LogP contribution in [-0.4, -0.2) is 37.7 Å². The summed E-state index contributed by atoms with van der Waals surface area (Å²) in [7, 11) is 0. The summed E-state index contributed by atoms with van der Waals surface area (Å²) in [5, 5.41) is 25.3. The van der Waals surface area contributed by atoms with Crippen molar-refractivity contribution in [1.29, 1.82) is 0 Å². The lowest BCUT2D eigenvalue weighted by atomic mass is 9.95. The number of non-ortho nitro benzene ring substituents is 1. The average molecular weight is 358 g/mol. The summed E-state index contributed by atoms with van der Waals surface area (Å²) in [5.74, 6) is 0.0947. The minimum Gasteiger partial charge on any atom is -0.462 e. The Morgan fingerprint density at radius 2 is 2.08 bits per heavy atom. The molecule has 3 rings (SSSR count). The molecule has 0 fully saturated rings. The first-order valence-corrected chi connectivity index (χ1v) is 8.06. The van der Waals surface area contributed by atoms with Crippen molar-refractivity contribution < 1.29 is 14.5 Å². The van der Waals surface area contributed by atoms with Crippen LogP contribution in [0.25, 0.3) is 5.70 Å². The Bertz CT molecular complexity index is 871. The first kappa shape index (κ1) is 17.5. The van der Waals surface area contributed by atoms with E-state index in [0.717, 1.165) is 0 Å². The van der Waals surface area contributed by atoms with Crippen LogP contribution >= 0.6 is 0 Å². The molecule has 0 radical (unpaired) electrons. The van der Waals surface area contributed by atoms with Gasteiger partial charge in [-0.25, -0.2) is 4.79 Å². The van der Waals surface area contributed by atoms with Crippen molar-refractivity contribution in [3.05, 3.63) is 45.5 Å². The Kier molecular flexibility index (Phi) is 4.65. The summed E-state index contributed by atoms with van der Waals surface area (Å²) in [6.45, 7) is 5.90. The highest BCUT2D eigenvalue weighted by Gasteiger charge is 2.33. The molecule has 136 valence electrons. The van der Waals surface area contributed by atoms with Gasteiger partial charge < -0.3 is 10.1 Å². The molecule has 0 saturated heterocycles. The molecule has 1 aliphatic heterocycles. The van der Waals surface area contributed by atoms with Gasteiger partial charge in [-0.05, 0) is 41.0 Å². The van der Waals surface area contributed by atoms with Crippen LogP contribution < -0.4 is 5.32 Å². The number of hydrogen-bond acceptors (Lipinski definition) is 8. The van der Waals surface area contributed by atoms with E-state index in [-0.39, 0.29) is 18.2 Å². The number of ether oxygens (including phenoxy) is 1. The van der Waals surface area contributed by atoms with Crippen LogP contribution in [0.4, 0.5) is 11.6 Å². The highest BCUT2D eigenvalue weighted by atomic mass is 16.6. The summed E-state index contributed by atoms with van der Waals surface area (Å²) < 4.78 is 6.82. The minimum absolute atomic E-state index is 0.0287. The second-order valence-electron chi connectivity index (χ2n) is 6.33. The lowest BCUT2D eigenvalue weighted by Crippen LogP contribution is -2.29. The summed E-state index contributed by atoms with van der Waals surface area (Å²) >= 11 is 0. The number of carbonyl (C=O) groups is 1. The number of allylic oxidation sites excluding steroid dienone is 1. The van der Waals surface area contributed by atoms with E-state index >= 15 is 0 Å². The predicted octanol–water partition coefficient (Wildman–Crippen LogP) is 2.18. The van der Waals surface area contributed by atoms with Gasteiger partial charge in [-0.1, -0.05) is 18.9 Å². The number of nitrogens with one attached hydrogen (secondary N) is 1. The summed E-state index contributed by atoms with van der Waals surface area (Å²) in [5.41, 5.74) is 1.54. The van der Waals surface area contributed by atoms with Crippen LogP contribution in [0.5, 0.6) is 0 Å². The van der Waals surface area contributed by atoms with E-state index in [4.69, 9.17) is 4.74 Å². The third kappa shape index (κ3) is 3.25. The molecule has 1 aromatic carbocycles. The monoisotopic (exact) mass is 358 g/mol. The Morgan fingerprint density at radius 1 is 1.38 bits per heavy atom. The molecule has 2 aromatic rings. The number of rotatable bonds is 5. The topological polar surface area (TPSA) is 125 Å². The maximum Gasteiger partial charge on any atom is 0.338 e. The van der Waals surface area contributed by atoms with Gasteiger partial charge >= 0.3 is 5.97 Å². The Morgan fingerprint density at radius 3 is 2.69 bits per heavy atom. The number of carbonyl (C=O) groups excluding carboxylic acids is 1. The van der Waals surface area contributed by atoms with Crippen LogP contribution in [0.1, 0.15) is 32.4 Å². The minimum atomic E-state index is -0.575. The number of nitrogens with zero attached hydrogens (tertiary/aromatic N) is 5. The van der Waals surface area contributed by atoms with E-state index in [1.807, 2.05) is 13.8 Å². The van der Waals surface area contributed by atoms with Crippen molar-refractivity contribution in [2.24, 2.45) is 5.92 Å². The van der Waals surface area contributed by atoms with Crippen molar-refractivity contribution in [2.75, 3.05) is 11.9 Å². The molecule has 0 bridgehead atoms. The van der Waals surface area contributed by atoms with E-state index in [1.165, 1.54) is 16.8 Å². The molecule has 1 N–H and O–H groups in total. The maximum absolute atomic E-state index is 12.7. The van der Waals surface area contributed by atoms with Gasteiger partial charge in [-0.3, -0.25) is 10.1 Å². The van der Waals surface area contributed by atoms with Crippen LogP contribution in [-0.2, 0) is 9.53 Å². The van der Waals surface area contributed by atoms with Gasteiger partial charge in [-0.2, -0.15) is 4.68 Å². The lowest BCUT2D eigenvalue weighted by molar-refractivity contribution is -0.384. The predicted molar refractivity (Wildman–Crippen MR) is 92.0 cm³/mol. The van der Waals surface area contributed by atoms with Gasteiger partial charge in [0.15, 0.2) is 0 Å². The maximum atomic E-state index is 12.7. The summed E-state index contributed by atoms with van der Waals surface area (Å²) in [4.78, 5) is 23.1. The Balaban J connectivity index is 2.00. The Hall–Kier alpha value is -3.30. The molecule has 10 heteroatoms. The number of benzene rings is 1. The first-order chi connectivity index (χ1) is 12.4. The van der Waals surface area contributed by atoms with Gasteiger partial charge in [0.2, 0.25) is 5.95 Å². The van der Waals surface area contributed by atoms with Crippen LogP contribution in [0, 0.1) is 16.0 Å². The van der Waals surface area contributed by atoms with E-state index in [0.29, 0.717) is 22.8 Å². The zero-order valence-electron chi connectivity index (χ0n) is 14.5. The van der Waals surface area contributed by atoms with Crippen molar-refractivity contribution in [3.8, 4) is 0 Å². The number of nitro groups is 1. The number of aromatic nitrogens is 4. The first-order valence-electron chi connectivity index (χ1n) is 8.06. The van der Waals surface area contributed by atoms with Crippen molar-refractivity contribution >= 4 is 23.3 Å². The lowest BCUT2D eigenvalue weighted by Gasteiger charge is -2.27. The standard InChI is InChI=1S/C16H18N6O4/c1-9(2)8-26-15(23)13-10(3)21-16(18-19-20-21)17-14(13)11-4-6-12(7-5-11)22(24)25/h4-7,9,14H,8H2,1-3H3,(H,17,18,20). The molecule has 0 saturated carbocycles. The highest BCUT2D eigenvalue weighted by Crippen LogP contribution is 2.35. The normalized spacial score (nSPS) is 16.2. The molecule has 2 heterocycles. The van der Waals surface area contributed by atoms with Crippen LogP contribution in [0.2, 0.25) is 0 Å². The average Bonchev–Trinajstić information content (AvgIpc) is 3.08. The largest absolute Gasteiger partial charge is 0.462 e. The fraction of sp³-hybridized carbons (Fsp3) is 0.375. The van der Waals surface area contributed by atoms with Gasteiger partial charge in [0.1, 0.15) is 0 Å². The number of tetrazole rings is 1. The summed E-state index contributed by atoms with van der Waals surface area (Å²) in [6, 6.07) is 5.40. The fourth-order valence-electron chi connectivity index (χ4n) is 2.65. The molecule has 0 amide bonds. The van der Waals surface area contributed by atoms with Crippen molar-refractivity contribution in [2.45, 2.75) is 26.8 Å². The Labute approximate surface area is 149 Å². The SMILES string of the molecule is CC1=C(C(=O)OCC(C)C)C(c2ccc([N+](=O)[O-])cc2)Nc2nnnn21. The molecule has 1 aromatic heterocycles. The molecule has 1 unspecified atom stereocenters. The second kappa shape index (κ2) is 6.90. The molecular formula is C16H18N6O4. The van der Waals surface area contributed by atoms with E-state index in [2.05, 4.69) is 20.8 Å². The number of hydrogen-bond donors (Lipinski definition) is 1. The number of nitro benzene ring substituents is 1. The number of anilines is 1. The zero-order chi connectivity index (χ0) is 18.8. The summed E-state index contributed by atoms with van der Waals surface area (Å²) in [6.07, 6.45) is 0. The van der Waals surface area contributed by atoms with Crippen LogP contribution in [0.3, 0.4) is 0 Å². The molecule has 1 aliphatic rings. The smallest absolute Gasteiger partial charge is 0.338 e. The van der Waals surface area contributed by atoms with Gasteiger partial charge in [0.25, 0.3) is 5.69 Å². The molecule has 26 heavy (non-hydrogen) atoms. The van der Waals surface area contributed by atoms with E-state index < -0.39 is 16.9 Å². The third-order valence-corrected chi connectivity index (χ3v) is 3.94. The number of esters is 1. The third-order valence-electron chi connectivity index (χ3n) is 3.94. The van der Waals surface area contributed by atoms with Crippen LogP contribution in [0.15, 0.2) is 29.8 Å². The van der Waals surface area contributed by atoms with Crippen molar-refractivity contribution in [1.82, 2.24) is 20.2 Å².